The summed E-state index contributed by atoms with van der Waals surface area (Å²) in [5.41, 5.74) is 8.71. The Kier molecular flexibility index (Phi) is 4.73. The second kappa shape index (κ2) is 6.33. The first-order chi connectivity index (χ1) is 9.52. The van der Waals surface area contributed by atoms with E-state index in [1.807, 2.05) is 25.1 Å². The Bertz CT molecular complexity index is 590. The van der Waals surface area contributed by atoms with Crippen molar-refractivity contribution in [3.63, 3.8) is 0 Å². The van der Waals surface area contributed by atoms with E-state index in [2.05, 4.69) is 13.8 Å². The second-order valence-electron chi connectivity index (χ2n) is 5.16. The molecule has 0 radical (unpaired) electrons. The third-order valence-electron chi connectivity index (χ3n) is 3.32. The molecule has 2 N–H and O–H groups in total. The quantitative estimate of drug-likeness (QED) is 0.888. The van der Waals surface area contributed by atoms with Crippen molar-refractivity contribution in [3.8, 4) is 5.75 Å². The van der Waals surface area contributed by atoms with Crippen molar-refractivity contribution in [2.24, 2.45) is 5.73 Å². The van der Waals surface area contributed by atoms with Gasteiger partial charge in [-0.3, -0.25) is 0 Å². The van der Waals surface area contributed by atoms with Crippen molar-refractivity contribution in [1.29, 1.82) is 0 Å². The first-order valence-corrected chi connectivity index (χ1v) is 7.09. The number of aryl methyl sites for hydroxylation is 1. The average Bonchev–Trinajstić information content (AvgIpc) is 2.84. The summed E-state index contributed by atoms with van der Waals surface area (Å²) < 4.78 is 11.2. The molecule has 2 aromatic rings. The Morgan fingerprint density at radius 3 is 2.75 bits per heavy atom. The van der Waals surface area contributed by atoms with Gasteiger partial charge in [-0.15, -0.1) is 0 Å². The van der Waals surface area contributed by atoms with Gasteiger partial charge in [0.05, 0.1) is 12.8 Å². The van der Waals surface area contributed by atoms with Crippen LogP contribution >= 0.6 is 11.6 Å². The SMILES string of the molecule is Cc1cc(Cl)c(C(C)C)cc1OCc1ccoc1CN. The van der Waals surface area contributed by atoms with E-state index in [9.17, 15) is 0 Å². The molecule has 1 heterocycles. The molecule has 0 spiro atoms. The highest BCUT2D eigenvalue weighted by atomic mass is 35.5. The predicted octanol–water partition coefficient (Wildman–Crippen LogP) is 4.40. The molecule has 0 saturated heterocycles. The van der Waals surface area contributed by atoms with Crippen LogP contribution < -0.4 is 10.5 Å². The first-order valence-electron chi connectivity index (χ1n) is 6.71. The topological polar surface area (TPSA) is 48.4 Å². The van der Waals surface area contributed by atoms with Crippen LogP contribution in [0.2, 0.25) is 5.02 Å². The molecule has 0 bridgehead atoms. The molecule has 0 aliphatic heterocycles. The summed E-state index contributed by atoms with van der Waals surface area (Å²) in [6, 6.07) is 5.85. The van der Waals surface area contributed by atoms with Crippen molar-refractivity contribution in [2.75, 3.05) is 0 Å². The monoisotopic (exact) mass is 293 g/mol. The van der Waals surface area contributed by atoms with Gasteiger partial charge in [-0.25, -0.2) is 0 Å². The molecular formula is C16H20ClNO2. The zero-order valence-corrected chi connectivity index (χ0v) is 12.8. The standard InChI is InChI=1S/C16H20ClNO2/c1-10(2)13-7-15(11(3)6-14(13)17)20-9-12-4-5-19-16(12)8-18/h4-7,10H,8-9,18H2,1-3H3. The molecule has 1 aromatic heterocycles. The highest BCUT2D eigenvalue weighted by molar-refractivity contribution is 6.31. The Morgan fingerprint density at radius 2 is 2.10 bits per heavy atom. The highest BCUT2D eigenvalue weighted by Gasteiger charge is 2.11. The van der Waals surface area contributed by atoms with Gasteiger partial charge in [0, 0.05) is 10.6 Å². The fraction of sp³-hybridized carbons (Fsp3) is 0.375. The Balaban J connectivity index is 2.19. The Hall–Kier alpha value is -1.45. The summed E-state index contributed by atoms with van der Waals surface area (Å²) in [7, 11) is 0. The molecule has 108 valence electrons. The maximum Gasteiger partial charge on any atom is 0.123 e. The van der Waals surface area contributed by atoms with Crippen LogP contribution in [0.1, 0.15) is 42.2 Å². The van der Waals surface area contributed by atoms with Gasteiger partial charge in [-0.2, -0.15) is 0 Å². The molecular weight excluding hydrogens is 274 g/mol. The van der Waals surface area contributed by atoms with Gasteiger partial charge in [0.2, 0.25) is 0 Å². The minimum Gasteiger partial charge on any atom is -0.488 e. The summed E-state index contributed by atoms with van der Waals surface area (Å²) in [6.45, 7) is 7.04. The lowest BCUT2D eigenvalue weighted by Gasteiger charge is -2.14. The fourth-order valence-electron chi connectivity index (χ4n) is 2.10. The van der Waals surface area contributed by atoms with E-state index in [0.29, 0.717) is 19.1 Å². The number of rotatable bonds is 5. The normalized spacial score (nSPS) is 11.1. The van der Waals surface area contributed by atoms with Crippen LogP contribution in [0.25, 0.3) is 0 Å². The maximum absolute atomic E-state index is 6.26. The van der Waals surface area contributed by atoms with Crippen LogP contribution in [0.4, 0.5) is 0 Å². The van der Waals surface area contributed by atoms with Gasteiger partial charge in [0.15, 0.2) is 0 Å². The van der Waals surface area contributed by atoms with E-state index in [1.165, 1.54) is 0 Å². The minimum absolute atomic E-state index is 0.360. The van der Waals surface area contributed by atoms with Crippen LogP contribution in [-0.4, -0.2) is 0 Å². The molecule has 3 nitrogen and oxygen atoms in total. The zero-order chi connectivity index (χ0) is 14.7. The van der Waals surface area contributed by atoms with E-state index in [-0.39, 0.29) is 0 Å². The van der Waals surface area contributed by atoms with Crippen molar-refractivity contribution in [1.82, 2.24) is 0 Å². The van der Waals surface area contributed by atoms with Crippen LogP contribution in [0.3, 0.4) is 0 Å². The molecule has 0 atom stereocenters. The average molecular weight is 294 g/mol. The Morgan fingerprint density at radius 1 is 1.35 bits per heavy atom. The van der Waals surface area contributed by atoms with Crippen LogP contribution in [0.15, 0.2) is 28.9 Å². The van der Waals surface area contributed by atoms with Gasteiger partial charge >= 0.3 is 0 Å². The molecule has 0 aliphatic carbocycles. The maximum atomic E-state index is 6.26. The van der Waals surface area contributed by atoms with Gasteiger partial charge in [0.25, 0.3) is 0 Å². The number of hydrogen-bond donors (Lipinski definition) is 1. The lowest BCUT2D eigenvalue weighted by Crippen LogP contribution is -2.03. The molecule has 4 heteroatoms. The number of ether oxygens (including phenoxy) is 1. The van der Waals surface area contributed by atoms with E-state index in [1.54, 1.807) is 6.26 Å². The van der Waals surface area contributed by atoms with Crippen molar-refractivity contribution in [2.45, 2.75) is 39.8 Å². The van der Waals surface area contributed by atoms with Gasteiger partial charge in [0.1, 0.15) is 18.1 Å². The zero-order valence-electron chi connectivity index (χ0n) is 12.1. The number of furan rings is 1. The third kappa shape index (κ3) is 3.17. The van der Waals surface area contributed by atoms with Crippen molar-refractivity contribution >= 4 is 11.6 Å². The van der Waals surface area contributed by atoms with Gasteiger partial charge < -0.3 is 14.9 Å². The molecule has 0 fully saturated rings. The minimum atomic E-state index is 0.360. The Labute approximate surface area is 124 Å². The first kappa shape index (κ1) is 14.9. The largest absolute Gasteiger partial charge is 0.488 e. The van der Waals surface area contributed by atoms with Crippen molar-refractivity contribution < 1.29 is 9.15 Å². The lowest BCUT2D eigenvalue weighted by atomic mass is 10.0. The molecule has 1 aromatic carbocycles. The summed E-state index contributed by atoms with van der Waals surface area (Å²) in [5, 5.41) is 0.788. The highest BCUT2D eigenvalue weighted by Crippen LogP contribution is 2.32. The predicted molar refractivity (Wildman–Crippen MR) is 81.2 cm³/mol. The van der Waals surface area contributed by atoms with E-state index in [0.717, 1.165) is 33.2 Å². The summed E-state index contributed by atoms with van der Waals surface area (Å²) in [4.78, 5) is 0. The number of benzene rings is 1. The smallest absolute Gasteiger partial charge is 0.123 e. The molecule has 0 aliphatic rings. The van der Waals surface area contributed by atoms with E-state index in [4.69, 9.17) is 26.5 Å². The molecule has 0 unspecified atom stereocenters. The fourth-order valence-corrected chi connectivity index (χ4v) is 2.53. The van der Waals surface area contributed by atoms with Gasteiger partial charge in [-0.05, 0) is 42.2 Å². The third-order valence-corrected chi connectivity index (χ3v) is 3.65. The molecule has 20 heavy (non-hydrogen) atoms. The number of hydrogen-bond acceptors (Lipinski definition) is 3. The van der Waals surface area contributed by atoms with E-state index < -0.39 is 0 Å². The van der Waals surface area contributed by atoms with Crippen LogP contribution in [-0.2, 0) is 13.2 Å². The van der Waals surface area contributed by atoms with Crippen molar-refractivity contribution in [3.05, 3.63) is 51.9 Å². The summed E-state index contributed by atoms with van der Waals surface area (Å²) in [6.07, 6.45) is 1.63. The van der Waals surface area contributed by atoms with Gasteiger partial charge in [-0.1, -0.05) is 25.4 Å². The number of nitrogens with two attached hydrogens (primary N) is 1. The van der Waals surface area contributed by atoms with Crippen LogP contribution in [0, 0.1) is 6.92 Å². The molecule has 0 amide bonds. The molecule has 2 rings (SSSR count). The summed E-state index contributed by atoms with van der Waals surface area (Å²) in [5.74, 6) is 1.97. The van der Waals surface area contributed by atoms with E-state index >= 15 is 0 Å². The second-order valence-corrected chi connectivity index (χ2v) is 5.56. The molecule has 0 saturated carbocycles. The number of halogens is 1. The summed E-state index contributed by atoms with van der Waals surface area (Å²) >= 11 is 6.26. The van der Waals surface area contributed by atoms with Crippen LogP contribution in [0.5, 0.6) is 5.75 Å². The lowest BCUT2D eigenvalue weighted by molar-refractivity contribution is 0.299.